The lowest BCUT2D eigenvalue weighted by molar-refractivity contribution is 0.445. The van der Waals surface area contributed by atoms with E-state index < -0.39 is 5.82 Å². The maximum absolute atomic E-state index is 14.1. The highest BCUT2D eigenvalue weighted by Crippen LogP contribution is 2.32. The number of ether oxygens (including phenoxy) is 1. The highest BCUT2D eigenvalue weighted by Gasteiger charge is 2.12. The van der Waals surface area contributed by atoms with Crippen LogP contribution in [0.3, 0.4) is 0 Å². The Kier molecular flexibility index (Phi) is 3.72. The molecule has 0 aliphatic carbocycles. The summed E-state index contributed by atoms with van der Waals surface area (Å²) in [6, 6.07) is 7.91. The number of anilines is 3. The van der Waals surface area contributed by atoms with Crippen molar-refractivity contribution in [2.45, 2.75) is 6.92 Å². The lowest BCUT2D eigenvalue weighted by Crippen LogP contribution is -1.99. The molecule has 132 valence electrons. The lowest BCUT2D eigenvalue weighted by atomic mass is 10.3. The molecule has 4 aromatic rings. The van der Waals surface area contributed by atoms with E-state index in [1.165, 1.54) is 12.1 Å². The van der Waals surface area contributed by atoms with Gasteiger partial charge in [0.25, 0.3) is 0 Å². The van der Waals surface area contributed by atoms with E-state index in [-0.39, 0.29) is 5.75 Å². The number of nitrogen functional groups attached to an aromatic ring is 1. The molecule has 0 amide bonds. The number of aryl methyl sites for hydroxylation is 1. The fourth-order valence-electron chi connectivity index (χ4n) is 2.64. The van der Waals surface area contributed by atoms with E-state index >= 15 is 0 Å². The van der Waals surface area contributed by atoms with Crippen molar-refractivity contribution in [2.75, 3.05) is 11.1 Å². The predicted molar refractivity (Wildman–Crippen MR) is 97.3 cm³/mol. The van der Waals surface area contributed by atoms with Crippen LogP contribution < -0.4 is 15.8 Å². The van der Waals surface area contributed by atoms with Gasteiger partial charge in [-0.3, -0.25) is 4.68 Å². The molecule has 26 heavy (non-hydrogen) atoms. The van der Waals surface area contributed by atoms with Gasteiger partial charge in [0.05, 0.1) is 35.7 Å². The number of halogens is 1. The molecule has 8 heteroatoms. The summed E-state index contributed by atoms with van der Waals surface area (Å²) in [5.41, 5.74) is 9.24. The third-order valence-corrected chi connectivity index (χ3v) is 4.16. The predicted octanol–water partition coefficient (Wildman–Crippen LogP) is 3.63. The average molecular weight is 352 g/mol. The molecule has 0 unspecified atom stereocenters. The Hall–Kier alpha value is -3.55. The van der Waals surface area contributed by atoms with E-state index in [4.69, 9.17) is 10.5 Å². The highest BCUT2D eigenvalue weighted by molar-refractivity contribution is 5.69. The second-order valence-corrected chi connectivity index (χ2v) is 5.94. The van der Waals surface area contributed by atoms with Crippen molar-refractivity contribution in [1.82, 2.24) is 19.4 Å². The van der Waals surface area contributed by atoms with Gasteiger partial charge in [-0.15, -0.1) is 0 Å². The zero-order valence-corrected chi connectivity index (χ0v) is 14.3. The molecule has 3 aromatic heterocycles. The number of rotatable bonds is 4. The molecule has 0 aliphatic heterocycles. The Morgan fingerprint density at radius 2 is 2.00 bits per heavy atom. The Morgan fingerprint density at radius 3 is 2.73 bits per heavy atom. The molecule has 0 atom stereocenters. The van der Waals surface area contributed by atoms with Crippen LogP contribution in [0.15, 0.2) is 48.9 Å². The van der Waals surface area contributed by atoms with Crippen molar-refractivity contribution in [3.63, 3.8) is 0 Å². The summed E-state index contributed by atoms with van der Waals surface area (Å²) in [6.07, 6.45) is 5.22. The summed E-state index contributed by atoms with van der Waals surface area (Å²) in [5.74, 6) is 0.0406. The fourth-order valence-corrected chi connectivity index (χ4v) is 2.64. The first-order valence-electron chi connectivity index (χ1n) is 7.97. The maximum atomic E-state index is 14.1. The van der Waals surface area contributed by atoms with Crippen molar-refractivity contribution in [3.8, 4) is 11.5 Å². The van der Waals surface area contributed by atoms with Crippen LogP contribution in [0.25, 0.3) is 5.52 Å². The molecular weight excluding hydrogens is 335 g/mol. The van der Waals surface area contributed by atoms with Crippen LogP contribution in [0.4, 0.5) is 21.5 Å². The van der Waals surface area contributed by atoms with Crippen molar-refractivity contribution < 1.29 is 9.13 Å². The summed E-state index contributed by atoms with van der Waals surface area (Å²) < 4.78 is 23.3. The average Bonchev–Trinajstić information content (AvgIpc) is 3.19. The van der Waals surface area contributed by atoms with Crippen LogP contribution in [0.2, 0.25) is 0 Å². The van der Waals surface area contributed by atoms with Crippen molar-refractivity contribution >= 4 is 22.6 Å². The third-order valence-electron chi connectivity index (χ3n) is 4.16. The largest absolute Gasteiger partial charge is 0.452 e. The van der Waals surface area contributed by atoms with Gasteiger partial charge in [-0.05, 0) is 25.1 Å². The Labute approximate surface area is 148 Å². The van der Waals surface area contributed by atoms with E-state index in [0.717, 1.165) is 22.6 Å². The van der Waals surface area contributed by atoms with Crippen molar-refractivity contribution in [3.05, 3.63) is 60.4 Å². The van der Waals surface area contributed by atoms with Gasteiger partial charge in [-0.25, -0.2) is 8.91 Å². The highest BCUT2D eigenvalue weighted by atomic mass is 19.1. The fraction of sp³-hybridized carbons (Fsp3) is 0.111. The summed E-state index contributed by atoms with van der Waals surface area (Å²) in [7, 11) is 1.87. The minimum absolute atomic E-state index is 0.0945. The number of benzene rings is 1. The topological polar surface area (TPSA) is 82.4 Å². The quantitative estimate of drug-likeness (QED) is 0.548. The van der Waals surface area contributed by atoms with Gasteiger partial charge in [-0.2, -0.15) is 10.2 Å². The van der Waals surface area contributed by atoms with Gasteiger partial charge in [0, 0.05) is 24.9 Å². The molecule has 7 nitrogen and oxygen atoms in total. The number of hydrogen-bond acceptors (Lipinski definition) is 5. The van der Waals surface area contributed by atoms with Crippen LogP contribution in [-0.2, 0) is 7.05 Å². The first-order valence-corrected chi connectivity index (χ1v) is 7.97. The molecule has 3 N–H and O–H groups in total. The summed E-state index contributed by atoms with van der Waals surface area (Å²) in [5, 5.41) is 11.8. The Balaban J connectivity index is 1.74. The number of nitrogens with two attached hydrogens (primary N) is 1. The van der Waals surface area contributed by atoms with Gasteiger partial charge in [0.2, 0.25) is 0 Å². The SMILES string of the molecule is Cc1c(Nc2cc(Oc3ccc(N)cc3F)c3ccnn3c2)cnn1C. The Morgan fingerprint density at radius 1 is 1.15 bits per heavy atom. The van der Waals surface area contributed by atoms with Crippen LogP contribution in [0.1, 0.15) is 5.69 Å². The van der Waals surface area contributed by atoms with Gasteiger partial charge >= 0.3 is 0 Å². The standard InChI is InChI=1S/C18H17FN6O/c1-11-15(9-22-24(11)2)23-13-8-18(16-5-6-21-25(16)10-13)26-17-4-3-12(20)7-14(17)19/h3-10,23H,20H2,1-2H3. The van der Waals surface area contributed by atoms with Crippen molar-refractivity contribution in [1.29, 1.82) is 0 Å². The van der Waals surface area contributed by atoms with E-state index in [0.29, 0.717) is 11.4 Å². The third kappa shape index (κ3) is 2.81. The normalized spacial score (nSPS) is 11.0. The number of pyridine rings is 1. The molecule has 3 heterocycles. The van der Waals surface area contributed by atoms with Crippen LogP contribution >= 0.6 is 0 Å². The molecule has 1 aromatic carbocycles. The van der Waals surface area contributed by atoms with Crippen LogP contribution in [0, 0.1) is 12.7 Å². The zero-order chi connectivity index (χ0) is 18.3. The Bertz CT molecular complexity index is 1100. The number of nitrogens with zero attached hydrogens (tertiary/aromatic N) is 4. The smallest absolute Gasteiger partial charge is 0.167 e. The van der Waals surface area contributed by atoms with Crippen LogP contribution in [0.5, 0.6) is 11.5 Å². The minimum Gasteiger partial charge on any atom is -0.452 e. The molecule has 0 saturated heterocycles. The van der Waals surface area contributed by atoms with Gasteiger partial charge in [-0.1, -0.05) is 0 Å². The zero-order valence-electron chi connectivity index (χ0n) is 14.3. The number of hydrogen-bond donors (Lipinski definition) is 2. The van der Waals surface area contributed by atoms with Crippen molar-refractivity contribution in [2.24, 2.45) is 7.05 Å². The molecule has 0 spiro atoms. The van der Waals surface area contributed by atoms with E-state index in [9.17, 15) is 4.39 Å². The summed E-state index contributed by atoms with van der Waals surface area (Å²) in [4.78, 5) is 0. The number of nitrogens with one attached hydrogen (secondary N) is 1. The first kappa shape index (κ1) is 15.9. The van der Waals surface area contributed by atoms with E-state index in [1.54, 1.807) is 39.8 Å². The molecule has 0 bridgehead atoms. The maximum Gasteiger partial charge on any atom is 0.167 e. The van der Waals surface area contributed by atoms with Gasteiger partial charge in [0.1, 0.15) is 5.52 Å². The van der Waals surface area contributed by atoms with Crippen LogP contribution in [-0.4, -0.2) is 19.4 Å². The molecule has 4 rings (SSSR count). The monoisotopic (exact) mass is 352 g/mol. The van der Waals surface area contributed by atoms with E-state index in [1.807, 2.05) is 20.2 Å². The van der Waals surface area contributed by atoms with Gasteiger partial charge in [0.15, 0.2) is 17.3 Å². The summed E-state index contributed by atoms with van der Waals surface area (Å²) >= 11 is 0. The number of aromatic nitrogens is 4. The molecule has 0 radical (unpaired) electrons. The second-order valence-electron chi connectivity index (χ2n) is 5.94. The second kappa shape index (κ2) is 6.07. The van der Waals surface area contributed by atoms with E-state index in [2.05, 4.69) is 15.5 Å². The molecule has 0 fully saturated rings. The van der Waals surface area contributed by atoms with Gasteiger partial charge < -0.3 is 15.8 Å². The molecular formula is C18H17FN6O. The number of fused-ring (bicyclic) bond motifs is 1. The first-order chi connectivity index (χ1) is 12.5. The summed E-state index contributed by atoms with van der Waals surface area (Å²) in [6.45, 7) is 1.96. The lowest BCUT2D eigenvalue weighted by Gasteiger charge is -2.12. The molecule has 0 aliphatic rings. The minimum atomic E-state index is -0.524. The molecule has 0 saturated carbocycles.